The summed E-state index contributed by atoms with van der Waals surface area (Å²) in [6.45, 7) is 6.69. The number of carbonyl (C=O) groups is 3. The van der Waals surface area contributed by atoms with Crippen LogP contribution >= 0.6 is 0 Å². The topological polar surface area (TPSA) is 78.9 Å². The maximum Gasteiger partial charge on any atom is 0.306 e. The molecule has 0 aromatic carbocycles. The van der Waals surface area contributed by atoms with Gasteiger partial charge in [0.05, 0.1) is 0 Å². The number of unbranched alkanes of at least 4 members (excludes halogenated alkanes) is 41. The Morgan fingerprint density at radius 2 is 0.508 bits per heavy atom. The molecule has 0 aromatic rings. The zero-order chi connectivity index (χ0) is 47.2. The van der Waals surface area contributed by atoms with Crippen LogP contribution in [-0.2, 0) is 28.6 Å². The van der Waals surface area contributed by atoms with Crippen molar-refractivity contribution in [2.45, 2.75) is 335 Å². The zero-order valence-corrected chi connectivity index (χ0v) is 44.0. The van der Waals surface area contributed by atoms with Crippen LogP contribution in [0.1, 0.15) is 329 Å². The van der Waals surface area contributed by atoms with Gasteiger partial charge in [0.1, 0.15) is 13.2 Å². The Balaban J connectivity index is 4.31. The molecule has 0 aliphatic carbocycles. The quantitative estimate of drug-likeness (QED) is 0.0262. The fraction of sp³-hybridized carbons (Fsp3) is 0.915. The molecule has 0 spiro atoms. The van der Waals surface area contributed by atoms with E-state index in [2.05, 4.69) is 32.9 Å². The van der Waals surface area contributed by atoms with Crippen LogP contribution < -0.4 is 0 Å². The highest BCUT2D eigenvalue weighted by atomic mass is 16.6. The van der Waals surface area contributed by atoms with Crippen LogP contribution in [0.3, 0.4) is 0 Å². The van der Waals surface area contributed by atoms with E-state index in [-0.39, 0.29) is 31.1 Å². The molecule has 0 saturated carbocycles. The minimum Gasteiger partial charge on any atom is -0.462 e. The Morgan fingerprint density at radius 3 is 0.769 bits per heavy atom. The van der Waals surface area contributed by atoms with Crippen LogP contribution in [0.25, 0.3) is 0 Å². The predicted molar refractivity (Wildman–Crippen MR) is 280 cm³/mol. The molecule has 6 nitrogen and oxygen atoms in total. The van der Waals surface area contributed by atoms with Crippen molar-refractivity contribution in [1.82, 2.24) is 0 Å². The van der Waals surface area contributed by atoms with E-state index in [1.165, 1.54) is 225 Å². The standard InChI is InChI=1S/C59H112O6/c1-4-7-10-13-16-19-22-25-28-29-32-34-37-40-43-46-49-52-58(61)64-55-56(65-59(62)53-50-47-44-41-38-35-31-27-24-21-18-15-12-9-6-3)54-63-57(60)51-48-45-42-39-36-33-30-26-23-20-17-14-11-8-5-2/h26,30,56H,4-25,27-29,31-55H2,1-3H3/b30-26-. The lowest BCUT2D eigenvalue weighted by molar-refractivity contribution is -0.167. The number of allylic oxidation sites excluding steroid dienone is 2. The number of ether oxygens (including phenoxy) is 3. The van der Waals surface area contributed by atoms with Crippen molar-refractivity contribution in [3.63, 3.8) is 0 Å². The molecule has 0 saturated heterocycles. The second kappa shape index (κ2) is 54.8. The smallest absolute Gasteiger partial charge is 0.306 e. The maximum atomic E-state index is 12.8. The van der Waals surface area contributed by atoms with Crippen molar-refractivity contribution in [1.29, 1.82) is 0 Å². The molecular formula is C59H112O6. The molecule has 0 fully saturated rings. The molecule has 1 unspecified atom stereocenters. The van der Waals surface area contributed by atoms with Gasteiger partial charge >= 0.3 is 17.9 Å². The monoisotopic (exact) mass is 917 g/mol. The molecule has 65 heavy (non-hydrogen) atoms. The highest BCUT2D eigenvalue weighted by Gasteiger charge is 2.19. The highest BCUT2D eigenvalue weighted by molar-refractivity contribution is 5.71. The average Bonchev–Trinajstić information content (AvgIpc) is 3.30. The molecule has 0 aliphatic heterocycles. The Morgan fingerprint density at radius 1 is 0.292 bits per heavy atom. The highest BCUT2D eigenvalue weighted by Crippen LogP contribution is 2.17. The largest absolute Gasteiger partial charge is 0.462 e. The van der Waals surface area contributed by atoms with E-state index in [4.69, 9.17) is 14.2 Å². The van der Waals surface area contributed by atoms with Crippen LogP contribution in [0, 0.1) is 0 Å². The average molecular weight is 918 g/mol. The fourth-order valence-corrected chi connectivity index (χ4v) is 8.85. The van der Waals surface area contributed by atoms with E-state index < -0.39 is 6.10 Å². The van der Waals surface area contributed by atoms with Gasteiger partial charge in [-0.25, -0.2) is 0 Å². The summed E-state index contributed by atoms with van der Waals surface area (Å²) in [6, 6.07) is 0. The first-order chi connectivity index (χ1) is 32.0. The summed E-state index contributed by atoms with van der Waals surface area (Å²) < 4.78 is 16.9. The predicted octanol–water partition coefficient (Wildman–Crippen LogP) is 19.3. The number of hydrogen-bond donors (Lipinski definition) is 0. The molecule has 0 bridgehead atoms. The molecule has 0 radical (unpaired) electrons. The van der Waals surface area contributed by atoms with Gasteiger partial charge in [0.2, 0.25) is 0 Å². The van der Waals surface area contributed by atoms with Gasteiger partial charge in [-0.3, -0.25) is 14.4 Å². The lowest BCUT2D eigenvalue weighted by Gasteiger charge is -2.18. The van der Waals surface area contributed by atoms with Crippen molar-refractivity contribution in [2.24, 2.45) is 0 Å². The third kappa shape index (κ3) is 53.0. The van der Waals surface area contributed by atoms with Crippen LogP contribution in [0.4, 0.5) is 0 Å². The summed E-state index contributed by atoms with van der Waals surface area (Å²) in [5.74, 6) is -0.850. The third-order valence-electron chi connectivity index (χ3n) is 13.3. The fourth-order valence-electron chi connectivity index (χ4n) is 8.85. The van der Waals surface area contributed by atoms with Crippen molar-refractivity contribution >= 4 is 17.9 Å². The Kier molecular flexibility index (Phi) is 53.2. The molecule has 1 atom stereocenters. The Hall–Kier alpha value is -1.85. The molecule has 0 rings (SSSR count). The zero-order valence-electron chi connectivity index (χ0n) is 44.0. The maximum absolute atomic E-state index is 12.8. The van der Waals surface area contributed by atoms with Gasteiger partial charge in [-0.2, -0.15) is 0 Å². The lowest BCUT2D eigenvalue weighted by Crippen LogP contribution is -2.30. The van der Waals surface area contributed by atoms with E-state index in [9.17, 15) is 14.4 Å². The first-order valence-electron chi connectivity index (χ1n) is 29.2. The molecular weight excluding hydrogens is 805 g/mol. The van der Waals surface area contributed by atoms with Crippen LogP contribution in [0.5, 0.6) is 0 Å². The molecule has 0 aliphatic rings. The van der Waals surface area contributed by atoms with E-state index >= 15 is 0 Å². The number of carbonyl (C=O) groups excluding carboxylic acids is 3. The van der Waals surface area contributed by atoms with Crippen molar-refractivity contribution in [2.75, 3.05) is 13.2 Å². The summed E-state index contributed by atoms with van der Waals surface area (Å²) in [4.78, 5) is 38.1. The van der Waals surface area contributed by atoms with E-state index in [0.29, 0.717) is 19.3 Å². The summed E-state index contributed by atoms with van der Waals surface area (Å²) in [5, 5.41) is 0. The number of rotatable bonds is 54. The number of hydrogen-bond acceptors (Lipinski definition) is 6. The summed E-state index contributed by atoms with van der Waals surface area (Å²) >= 11 is 0. The summed E-state index contributed by atoms with van der Waals surface area (Å²) in [6.07, 6.45) is 62.0. The number of esters is 3. The lowest BCUT2D eigenvalue weighted by atomic mass is 10.0. The Bertz CT molecular complexity index is 1010. The first-order valence-corrected chi connectivity index (χ1v) is 29.2. The molecule has 384 valence electrons. The SMILES string of the molecule is CCCCCCCC/C=C\CCCCCCCC(=O)OCC(COC(=O)CCCCCCCCCCCCCCCCCCC)OC(=O)CCCCCCCCCCCCCCCCC. The van der Waals surface area contributed by atoms with Gasteiger partial charge in [-0.05, 0) is 44.9 Å². The molecule has 0 amide bonds. The van der Waals surface area contributed by atoms with Crippen LogP contribution in [0.15, 0.2) is 12.2 Å². The van der Waals surface area contributed by atoms with E-state index in [0.717, 1.165) is 64.2 Å². The van der Waals surface area contributed by atoms with Crippen molar-refractivity contribution in [3.05, 3.63) is 12.2 Å². The first kappa shape index (κ1) is 63.1. The molecule has 0 aromatic heterocycles. The van der Waals surface area contributed by atoms with Crippen molar-refractivity contribution < 1.29 is 28.6 Å². The van der Waals surface area contributed by atoms with Gasteiger partial charge in [-0.15, -0.1) is 0 Å². The van der Waals surface area contributed by atoms with Gasteiger partial charge in [0.25, 0.3) is 0 Å². The minimum atomic E-state index is -0.767. The van der Waals surface area contributed by atoms with Crippen LogP contribution in [-0.4, -0.2) is 37.2 Å². The summed E-state index contributed by atoms with van der Waals surface area (Å²) in [7, 11) is 0. The summed E-state index contributed by atoms with van der Waals surface area (Å²) in [5.41, 5.74) is 0. The van der Waals surface area contributed by atoms with Gasteiger partial charge in [-0.1, -0.05) is 277 Å². The van der Waals surface area contributed by atoms with Gasteiger partial charge in [0, 0.05) is 19.3 Å². The minimum absolute atomic E-state index is 0.0664. The molecule has 6 heteroatoms. The normalized spacial score (nSPS) is 12.0. The molecule has 0 N–H and O–H groups in total. The second-order valence-corrected chi connectivity index (χ2v) is 19.9. The molecule has 0 heterocycles. The third-order valence-corrected chi connectivity index (χ3v) is 13.3. The van der Waals surface area contributed by atoms with Gasteiger partial charge < -0.3 is 14.2 Å². The van der Waals surface area contributed by atoms with E-state index in [1.807, 2.05) is 0 Å². The van der Waals surface area contributed by atoms with Crippen LogP contribution in [0.2, 0.25) is 0 Å². The second-order valence-electron chi connectivity index (χ2n) is 19.9. The Labute approximate surface area is 405 Å². The van der Waals surface area contributed by atoms with Crippen molar-refractivity contribution in [3.8, 4) is 0 Å². The van der Waals surface area contributed by atoms with E-state index in [1.54, 1.807) is 0 Å². The van der Waals surface area contributed by atoms with Gasteiger partial charge in [0.15, 0.2) is 6.10 Å².